The number of hydrogen-bond acceptors (Lipinski definition) is 2. The fraction of sp³-hybridized carbons (Fsp3) is 0.375. The standard InChI is InChI=1S/C16H21N3O/c1-9(2)16(20)17-14-12(5)18-19-15(14)13-7-6-10(3)8-11(13)4/h6-9H,1-5H3,(H,17,20)(H,18,19). The highest BCUT2D eigenvalue weighted by molar-refractivity contribution is 5.96. The van der Waals surface area contributed by atoms with Gasteiger partial charge >= 0.3 is 0 Å². The highest BCUT2D eigenvalue weighted by atomic mass is 16.1. The number of rotatable bonds is 3. The molecule has 4 heteroatoms. The van der Waals surface area contributed by atoms with Crippen LogP contribution in [0.3, 0.4) is 0 Å². The molecule has 0 spiro atoms. The molecule has 1 aromatic heterocycles. The number of aromatic amines is 1. The van der Waals surface area contributed by atoms with Crippen molar-refractivity contribution in [1.82, 2.24) is 10.2 Å². The van der Waals surface area contributed by atoms with E-state index in [0.717, 1.165) is 28.2 Å². The molecule has 0 fully saturated rings. The Morgan fingerprint density at radius 2 is 1.95 bits per heavy atom. The van der Waals surface area contributed by atoms with Crippen LogP contribution in [-0.2, 0) is 4.79 Å². The second kappa shape index (κ2) is 5.49. The van der Waals surface area contributed by atoms with Gasteiger partial charge in [0, 0.05) is 11.5 Å². The Bertz CT molecular complexity index is 641. The van der Waals surface area contributed by atoms with E-state index < -0.39 is 0 Å². The van der Waals surface area contributed by atoms with Gasteiger partial charge in [-0.1, -0.05) is 37.6 Å². The quantitative estimate of drug-likeness (QED) is 0.896. The van der Waals surface area contributed by atoms with Crippen LogP contribution in [0.2, 0.25) is 0 Å². The Morgan fingerprint density at radius 3 is 2.55 bits per heavy atom. The molecule has 4 nitrogen and oxygen atoms in total. The van der Waals surface area contributed by atoms with Crippen molar-refractivity contribution in [3.63, 3.8) is 0 Å². The summed E-state index contributed by atoms with van der Waals surface area (Å²) in [6, 6.07) is 6.22. The van der Waals surface area contributed by atoms with Crippen molar-refractivity contribution in [1.29, 1.82) is 0 Å². The number of nitrogens with zero attached hydrogens (tertiary/aromatic N) is 1. The van der Waals surface area contributed by atoms with Crippen LogP contribution in [0.4, 0.5) is 5.69 Å². The number of amides is 1. The van der Waals surface area contributed by atoms with E-state index in [-0.39, 0.29) is 11.8 Å². The molecular weight excluding hydrogens is 250 g/mol. The first-order chi connectivity index (χ1) is 9.40. The maximum absolute atomic E-state index is 11.9. The van der Waals surface area contributed by atoms with Gasteiger partial charge in [0.1, 0.15) is 5.69 Å². The Morgan fingerprint density at radius 1 is 1.25 bits per heavy atom. The summed E-state index contributed by atoms with van der Waals surface area (Å²) in [5.41, 5.74) is 5.85. The first-order valence-corrected chi connectivity index (χ1v) is 6.83. The van der Waals surface area contributed by atoms with E-state index in [2.05, 4.69) is 41.5 Å². The smallest absolute Gasteiger partial charge is 0.227 e. The highest BCUT2D eigenvalue weighted by Crippen LogP contribution is 2.31. The van der Waals surface area contributed by atoms with Crippen LogP contribution in [0.5, 0.6) is 0 Å². The van der Waals surface area contributed by atoms with E-state index >= 15 is 0 Å². The number of hydrogen-bond donors (Lipinski definition) is 2. The number of anilines is 1. The second-order valence-electron chi connectivity index (χ2n) is 5.53. The van der Waals surface area contributed by atoms with Gasteiger partial charge in [0.2, 0.25) is 5.91 Å². The number of aryl methyl sites for hydroxylation is 3. The molecule has 0 aliphatic carbocycles. The van der Waals surface area contributed by atoms with Crippen molar-refractivity contribution in [2.75, 3.05) is 5.32 Å². The molecule has 0 saturated heterocycles. The number of nitrogens with one attached hydrogen (secondary N) is 2. The number of aromatic nitrogens is 2. The van der Waals surface area contributed by atoms with E-state index in [4.69, 9.17) is 0 Å². The second-order valence-corrected chi connectivity index (χ2v) is 5.53. The van der Waals surface area contributed by atoms with E-state index in [9.17, 15) is 4.79 Å². The topological polar surface area (TPSA) is 57.8 Å². The predicted molar refractivity (Wildman–Crippen MR) is 81.7 cm³/mol. The fourth-order valence-corrected chi connectivity index (χ4v) is 2.12. The molecule has 20 heavy (non-hydrogen) atoms. The molecule has 2 N–H and O–H groups in total. The molecule has 1 heterocycles. The summed E-state index contributed by atoms with van der Waals surface area (Å²) in [4.78, 5) is 11.9. The molecule has 0 bridgehead atoms. The minimum atomic E-state index is -0.0590. The van der Waals surface area contributed by atoms with E-state index in [1.807, 2.05) is 26.8 Å². The van der Waals surface area contributed by atoms with Gasteiger partial charge < -0.3 is 5.32 Å². The Balaban J connectivity index is 2.45. The lowest BCUT2D eigenvalue weighted by Gasteiger charge is -2.10. The van der Waals surface area contributed by atoms with Gasteiger partial charge in [-0.25, -0.2) is 0 Å². The van der Waals surface area contributed by atoms with E-state index in [1.165, 1.54) is 5.56 Å². The molecule has 0 aliphatic rings. The van der Waals surface area contributed by atoms with Gasteiger partial charge in [0.25, 0.3) is 0 Å². The molecule has 2 rings (SSSR count). The lowest BCUT2D eigenvalue weighted by atomic mass is 10.0. The number of H-pyrrole nitrogens is 1. The normalized spacial score (nSPS) is 10.9. The average Bonchev–Trinajstić information content (AvgIpc) is 2.71. The summed E-state index contributed by atoms with van der Waals surface area (Å²) in [6.45, 7) is 9.79. The zero-order valence-electron chi connectivity index (χ0n) is 12.7. The van der Waals surface area contributed by atoms with Crippen LogP contribution < -0.4 is 5.32 Å². The molecule has 106 valence electrons. The summed E-state index contributed by atoms with van der Waals surface area (Å²) >= 11 is 0. The molecule has 1 aromatic carbocycles. The van der Waals surface area contributed by atoms with Gasteiger partial charge in [-0.05, 0) is 26.3 Å². The zero-order valence-corrected chi connectivity index (χ0v) is 12.7. The van der Waals surface area contributed by atoms with Gasteiger partial charge in [0.15, 0.2) is 0 Å². The minimum Gasteiger partial charge on any atom is -0.322 e. The van der Waals surface area contributed by atoms with Crippen molar-refractivity contribution >= 4 is 11.6 Å². The summed E-state index contributed by atoms with van der Waals surface area (Å²) < 4.78 is 0. The molecule has 2 aromatic rings. The van der Waals surface area contributed by atoms with Crippen LogP contribution in [-0.4, -0.2) is 16.1 Å². The van der Waals surface area contributed by atoms with Crippen LogP contribution in [0.15, 0.2) is 18.2 Å². The van der Waals surface area contributed by atoms with Crippen molar-refractivity contribution in [3.8, 4) is 11.3 Å². The molecule has 0 radical (unpaired) electrons. The fourth-order valence-electron chi connectivity index (χ4n) is 2.12. The maximum Gasteiger partial charge on any atom is 0.227 e. The summed E-state index contributed by atoms with van der Waals surface area (Å²) in [5, 5.41) is 10.3. The largest absolute Gasteiger partial charge is 0.322 e. The summed E-state index contributed by atoms with van der Waals surface area (Å²) in [6.07, 6.45) is 0. The SMILES string of the molecule is Cc1ccc(-c2n[nH]c(C)c2NC(=O)C(C)C)c(C)c1. The summed E-state index contributed by atoms with van der Waals surface area (Å²) in [5.74, 6) is -0.0585. The molecular formula is C16H21N3O. The number of carbonyl (C=O) groups excluding carboxylic acids is 1. The van der Waals surface area contributed by atoms with Gasteiger partial charge in [0.05, 0.1) is 11.4 Å². The number of benzene rings is 1. The van der Waals surface area contributed by atoms with E-state index in [1.54, 1.807) is 0 Å². The van der Waals surface area contributed by atoms with Crippen molar-refractivity contribution < 1.29 is 4.79 Å². The third kappa shape index (κ3) is 2.74. The third-order valence-electron chi connectivity index (χ3n) is 3.36. The van der Waals surface area contributed by atoms with Crippen LogP contribution >= 0.6 is 0 Å². The monoisotopic (exact) mass is 271 g/mol. The van der Waals surface area contributed by atoms with Gasteiger partial charge in [-0.3, -0.25) is 9.89 Å². The van der Waals surface area contributed by atoms with Gasteiger partial charge in [-0.2, -0.15) is 5.10 Å². The van der Waals surface area contributed by atoms with Crippen molar-refractivity contribution in [2.45, 2.75) is 34.6 Å². The first kappa shape index (κ1) is 14.3. The Kier molecular flexibility index (Phi) is 3.93. The lowest BCUT2D eigenvalue weighted by molar-refractivity contribution is -0.118. The number of carbonyl (C=O) groups is 1. The van der Waals surface area contributed by atoms with Crippen molar-refractivity contribution in [2.24, 2.45) is 5.92 Å². The predicted octanol–water partition coefficient (Wildman–Crippen LogP) is 3.60. The molecule has 0 unspecified atom stereocenters. The molecule has 0 aliphatic heterocycles. The summed E-state index contributed by atoms with van der Waals surface area (Å²) in [7, 11) is 0. The van der Waals surface area contributed by atoms with Gasteiger partial charge in [-0.15, -0.1) is 0 Å². The zero-order chi connectivity index (χ0) is 14.9. The maximum atomic E-state index is 11.9. The Labute approximate surface area is 119 Å². The van der Waals surface area contributed by atoms with Crippen LogP contribution in [0, 0.1) is 26.7 Å². The molecule has 1 amide bonds. The highest BCUT2D eigenvalue weighted by Gasteiger charge is 2.17. The first-order valence-electron chi connectivity index (χ1n) is 6.83. The Hall–Kier alpha value is -2.10. The van der Waals surface area contributed by atoms with Crippen molar-refractivity contribution in [3.05, 3.63) is 35.0 Å². The molecule has 0 saturated carbocycles. The third-order valence-corrected chi connectivity index (χ3v) is 3.36. The van der Waals surface area contributed by atoms with Crippen LogP contribution in [0.25, 0.3) is 11.3 Å². The van der Waals surface area contributed by atoms with E-state index in [0.29, 0.717) is 0 Å². The van der Waals surface area contributed by atoms with Crippen LogP contribution in [0.1, 0.15) is 30.7 Å². The molecule has 0 atom stereocenters. The lowest BCUT2D eigenvalue weighted by Crippen LogP contribution is -2.18. The average molecular weight is 271 g/mol. The minimum absolute atomic E-state index is 0.000477.